The molecule has 0 saturated heterocycles. The van der Waals surface area contributed by atoms with E-state index in [0.29, 0.717) is 11.7 Å². The lowest BCUT2D eigenvalue weighted by Gasteiger charge is -2.30. The van der Waals surface area contributed by atoms with Gasteiger partial charge in [0.05, 0.1) is 6.33 Å². The number of aromatic amines is 1. The molecule has 2 aromatic heterocycles. The van der Waals surface area contributed by atoms with Crippen molar-refractivity contribution >= 4 is 28.6 Å². The monoisotopic (exact) mass is 357 g/mol. The highest BCUT2D eigenvalue weighted by Crippen LogP contribution is 2.31. The van der Waals surface area contributed by atoms with Crippen molar-refractivity contribution in [3.63, 3.8) is 0 Å². The molecule has 1 fully saturated rings. The highest BCUT2D eigenvalue weighted by Gasteiger charge is 2.26. The Balaban J connectivity index is 1.69. The highest BCUT2D eigenvalue weighted by atomic mass is 35.5. The standard InChI is InChI=1S/C18H20ClN5O/c19-10-25-15-7-3-4-13(8-15)9-24(14-5-1-2-6-14)18-16-17(21-11-20-16)22-12-23-18/h3-4,7-8,11-12,14H,1-2,5-6,9-10H2,(H,20,21,22,23). The minimum atomic E-state index is 0.149. The summed E-state index contributed by atoms with van der Waals surface area (Å²) < 4.78 is 5.42. The first-order chi connectivity index (χ1) is 12.3. The Morgan fingerprint density at radius 2 is 2.08 bits per heavy atom. The summed E-state index contributed by atoms with van der Waals surface area (Å²) in [6.45, 7) is 0.759. The van der Waals surface area contributed by atoms with Crippen LogP contribution < -0.4 is 9.64 Å². The van der Waals surface area contributed by atoms with Gasteiger partial charge in [-0.3, -0.25) is 0 Å². The van der Waals surface area contributed by atoms with E-state index in [1.807, 2.05) is 18.2 Å². The van der Waals surface area contributed by atoms with Gasteiger partial charge < -0.3 is 14.6 Å². The third-order valence-electron chi connectivity index (χ3n) is 4.71. The first-order valence-corrected chi connectivity index (χ1v) is 9.07. The van der Waals surface area contributed by atoms with Crippen LogP contribution in [0.25, 0.3) is 11.2 Å². The van der Waals surface area contributed by atoms with Gasteiger partial charge in [0.2, 0.25) is 0 Å². The van der Waals surface area contributed by atoms with Crippen LogP contribution in [-0.2, 0) is 6.54 Å². The average Bonchev–Trinajstić information content (AvgIpc) is 3.31. The molecular formula is C18H20ClN5O. The molecule has 3 aromatic rings. The van der Waals surface area contributed by atoms with Gasteiger partial charge in [-0.2, -0.15) is 0 Å². The van der Waals surface area contributed by atoms with E-state index in [4.69, 9.17) is 16.3 Å². The van der Waals surface area contributed by atoms with Crippen LogP contribution >= 0.6 is 11.6 Å². The number of hydrogen-bond acceptors (Lipinski definition) is 5. The smallest absolute Gasteiger partial charge is 0.182 e. The van der Waals surface area contributed by atoms with Gasteiger partial charge >= 0.3 is 0 Å². The van der Waals surface area contributed by atoms with Crippen LogP contribution in [0.5, 0.6) is 5.75 Å². The normalized spacial score (nSPS) is 14.9. The van der Waals surface area contributed by atoms with E-state index >= 15 is 0 Å². The number of nitrogens with one attached hydrogen (secondary N) is 1. The van der Waals surface area contributed by atoms with Crippen molar-refractivity contribution < 1.29 is 4.74 Å². The second kappa shape index (κ2) is 7.27. The fourth-order valence-electron chi connectivity index (χ4n) is 3.56. The molecule has 1 N–H and O–H groups in total. The van der Waals surface area contributed by atoms with Gasteiger partial charge in [-0.25, -0.2) is 15.0 Å². The third kappa shape index (κ3) is 3.39. The lowest BCUT2D eigenvalue weighted by atomic mass is 10.1. The SMILES string of the molecule is ClCOc1cccc(CN(c2ncnc3nc[nH]c23)C2CCCC2)c1. The zero-order chi connectivity index (χ0) is 17.1. The van der Waals surface area contributed by atoms with Gasteiger partial charge in [0.1, 0.15) is 17.6 Å². The second-order valence-corrected chi connectivity index (χ2v) is 6.48. The quantitative estimate of drug-likeness (QED) is 0.678. The van der Waals surface area contributed by atoms with E-state index in [1.54, 1.807) is 12.7 Å². The van der Waals surface area contributed by atoms with E-state index < -0.39 is 0 Å². The van der Waals surface area contributed by atoms with Crippen molar-refractivity contribution in [3.8, 4) is 5.75 Å². The Kier molecular flexibility index (Phi) is 4.70. The number of fused-ring (bicyclic) bond motifs is 1. The molecule has 2 heterocycles. The molecule has 1 saturated carbocycles. The summed E-state index contributed by atoms with van der Waals surface area (Å²) >= 11 is 5.69. The van der Waals surface area contributed by atoms with Crippen molar-refractivity contribution in [1.82, 2.24) is 19.9 Å². The number of hydrogen-bond donors (Lipinski definition) is 1. The summed E-state index contributed by atoms with van der Waals surface area (Å²) in [6, 6.07) is 8.68. The fraction of sp³-hybridized carbons (Fsp3) is 0.389. The van der Waals surface area contributed by atoms with E-state index in [2.05, 4.69) is 30.9 Å². The first kappa shape index (κ1) is 16.1. The number of H-pyrrole nitrogens is 1. The number of nitrogens with zero attached hydrogens (tertiary/aromatic N) is 4. The summed E-state index contributed by atoms with van der Waals surface area (Å²) in [5.74, 6) is 1.70. The molecule has 0 spiro atoms. The molecule has 1 aromatic carbocycles. The lowest BCUT2D eigenvalue weighted by Crippen LogP contribution is -2.33. The summed E-state index contributed by atoms with van der Waals surface area (Å²) in [7, 11) is 0. The summed E-state index contributed by atoms with van der Waals surface area (Å²) in [5.41, 5.74) is 2.76. The largest absolute Gasteiger partial charge is 0.478 e. The molecule has 0 radical (unpaired) electrons. The maximum absolute atomic E-state index is 5.69. The zero-order valence-corrected chi connectivity index (χ0v) is 14.6. The van der Waals surface area contributed by atoms with Gasteiger partial charge in [0.25, 0.3) is 0 Å². The van der Waals surface area contributed by atoms with Crippen LogP contribution in [0.15, 0.2) is 36.9 Å². The van der Waals surface area contributed by atoms with Crippen molar-refractivity contribution in [2.24, 2.45) is 0 Å². The molecule has 6 nitrogen and oxygen atoms in total. The number of imidazole rings is 1. The van der Waals surface area contributed by atoms with Gasteiger partial charge in [0.15, 0.2) is 17.5 Å². The Morgan fingerprint density at radius 1 is 1.20 bits per heavy atom. The summed E-state index contributed by atoms with van der Waals surface area (Å²) in [4.78, 5) is 18.6. The van der Waals surface area contributed by atoms with E-state index in [-0.39, 0.29) is 6.07 Å². The predicted molar refractivity (Wildman–Crippen MR) is 97.9 cm³/mol. The zero-order valence-electron chi connectivity index (χ0n) is 13.9. The molecule has 0 aliphatic heterocycles. The van der Waals surface area contributed by atoms with Crippen LogP contribution in [-0.4, -0.2) is 32.0 Å². The van der Waals surface area contributed by atoms with Crippen molar-refractivity contribution in [3.05, 3.63) is 42.5 Å². The van der Waals surface area contributed by atoms with Crippen LogP contribution in [0.3, 0.4) is 0 Å². The second-order valence-electron chi connectivity index (χ2n) is 6.27. The maximum atomic E-state index is 5.69. The lowest BCUT2D eigenvalue weighted by molar-refractivity contribution is 0.387. The van der Waals surface area contributed by atoms with Crippen LogP contribution in [0.2, 0.25) is 0 Å². The number of rotatable bonds is 6. The Hall–Kier alpha value is -2.34. The molecule has 1 aliphatic carbocycles. The van der Waals surface area contributed by atoms with Crippen molar-refractivity contribution in [1.29, 1.82) is 0 Å². The Labute approximate surface area is 151 Å². The average molecular weight is 358 g/mol. The molecule has 1 aliphatic rings. The molecule has 4 rings (SSSR count). The summed E-state index contributed by atoms with van der Waals surface area (Å²) in [5, 5.41) is 0. The van der Waals surface area contributed by atoms with Crippen molar-refractivity contribution in [2.75, 3.05) is 11.0 Å². The molecule has 0 atom stereocenters. The molecule has 0 amide bonds. The third-order valence-corrected chi connectivity index (χ3v) is 4.82. The first-order valence-electron chi connectivity index (χ1n) is 8.53. The number of ether oxygens (including phenoxy) is 1. The highest BCUT2D eigenvalue weighted by molar-refractivity contribution is 6.17. The minimum Gasteiger partial charge on any atom is -0.478 e. The molecule has 130 valence electrons. The Morgan fingerprint density at radius 3 is 2.92 bits per heavy atom. The molecule has 7 heteroatoms. The molecule has 0 unspecified atom stereocenters. The predicted octanol–water partition coefficient (Wildman–Crippen LogP) is 3.88. The van der Waals surface area contributed by atoms with Crippen LogP contribution in [0.4, 0.5) is 5.82 Å². The van der Waals surface area contributed by atoms with Gasteiger partial charge in [0, 0.05) is 12.6 Å². The van der Waals surface area contributed by atoms with Gasteiger partial charge in [-0.15, -0.1) is 0 Å². The number of benzene rings is 1. The molecular weight excluding hydrogens is 338 g/mol. The number of halogens is 1. The van der Waals surface area contributed by atoms with Crippen LogP contribution in [0, 0.1) is 0 Å². The van der Waals surface area contributed by atoms with Crippen LogP contribution in [0.1, 0.15) is 31.2 Å². The van der Waals surface area contributed by atoms with E-state index in [0.717, 1.165) is 23.6 Å². The van der Waals surface area contributed by atoms with Gasteiger partial charge in [-0.05, 0) is 30.5 Å². The topological polar surface area (TPSA) is 66.9 Å². The number of aromatic nitrogens is 4. The van der Waals surface area contributed by atoms with E-state index in [9.17, 15) is 0 Å². The fourth-order valence-corrected chi connectivity index (χ4v) is 3.68. The minimum absolute atomic E-state index is 0.149. The maximum Gasteiger partial charge on any atom is 0.182 e. The number of anilines is 1. The molecule has 0 bridgehead atoms. The van der Waals surface area contributed by atoms with Crippen molar-refractivity contribution in [2.45, 2.75) is 38.3 Å². The molecule has 25 heavy (non-hydrogen) atoms. The number of alkyl halides is 1. The Bertz CT molecular complexity index is 846. The van der Waals surface area contributed by atoms with Gasteiger partial charge in [-0.1, -0.05) is 36.6 Å². The summed E-state index contributed by atoms with van der Waals surface area (Å²) in [6.07, 6.45) is 8.13. The van der Waals surface area contributed by atoms with E-state index in [1.165, 1.54) is 31.2 Å².